The van der Waals surface area contributed by atoms with Crippen molar-refractivity contribution in [3.63, 3.8) is 0 Å². The van der Waals surface area contributed by atoms with Crippen LogP contribution in [0.2, 0.25) is 0 Å². The Hall–Kier alpha value is 0.377. The van der Waals surface area contributed by atoms with Crippen LogP contribution in [-0.4, -0.2) is 0 Å². The van der Waals surface area contributed by atoms with E-state index in [0.717, 1.165) is 0 Å². The van der Waals surface area contributed by atoms with Crippen LogP contribution in [0, 0.1) is 0 Å². The van der Waals surface area contributed by atoms with E-state index < -0.39 is 0 Å². The molecule has 0 saturated carbocycles. The largest absolute Gasteiger partial charge is 1.00 e. The zero-order chi connectivity index (χ0) is 3.54. The third kappa shape index (κ3) is 1.73. The van der Waals surface area contributed by atoms with Crippen LogP contribution < -0.4 is 18.9 Å². The van der Waals surface area contributed by atoms with Gasteiger partial charge >= 0.3 is 18.9 Å². The first-order valence-electron chi connectivity index (χ1n) is 1.52. The van der Waals surface area contributed by atoms with Crippen molar-refractivity contribution in [2.45, 2.75) is 0 Å². The topological polar surface area (TPSA) is 0 Å². The summed E-state index contributed by atoms with van der Waals surface area (Å²) in [6, 6.07) is 4.09. The van der Waals surface area contributed by atoms with Gasteiger partial charge < -0.3 is 8.19 Å². The van der Waals surface area contributed by atoms with Gasteiger partial charge in [0.15, 0.2) is 0 Å². The van der Waals surface area contributed by atoms with Gasteiger partial charge in [0, 0.05) is 0 Å². The van der Waals surface area contributed by atoms with Gasteiger partial charge in [-0.05, 0) is 0 Å². The Balaban J connectivity index is 0.000000250. The molecule has 2 heteroatoms. The van der Waals surface area contributed by atoms with Crippen molar-refractivity contribution in [1.82, 2.24) is 0 Å². The normalized spacial score (nSPS) is 6.67. The summed E-state index contributed by atoms with van der Waals surface area (Å²) in [6.07, 6.45) is 0. The summed E-state index contributed by atoms with van der Waals surface area (Å²) in [5, 5.41) is 0. The van der Waals surface area contributed by atoms with Crippen molar-refractivity contribution in [1.29, 1.82) is 0 Å². The van der Waals surface area contributed by atoms with Crippen molar-refractivity contribution >= 4 is 8.19 Å². The molecule has 0 aliphatic heterocycles. The predicted octanol–water partition coefficient (Wildman–Crippen LogP) is -1.01. The van der Waals surface area contributed by atoms with E-state index in [1.54, 1.807) is 0 Å². The minimum atomic E-state index is 0. The Morgan fingerprint density at radius 2 is 1.50 bits per heavy atom. The van der Waals surface area contributed by atoms with Crippen molar-refractivity contribution in [2.75, 3.05) is 0 Å². The van der Waals surface area contributed by atoms with Gasteiger partial charge in [-0.15, -0.1) is 0 Å². The van der Waals surface area contributed by atoms with Crippen molar-refractivity contribution < 1.29 is 18.9 Å². The minimum absolute atomic E-state index is 0. The number of hydrogen-bond donors (Lipinski definition) is 0. The second kappa shape index (κ2) is 3.56. The molecule has 0 bridgehead atoms. The van der Waals surface area contributed by atoms with Crippen LogP contribution in [-0.2, 0) is 0 Å². The third-order valence-electron chi connectivity index (χ3n) is 0.455. The number of hydrogen-bond acceptors (Lipinski definition) is 0. The molecule has 0 aromatic carbocycles. The zero-order valence-corrected chi connectivity index (χ0v) is 4.65. The summed E-state index contributed by atoms with van der Waals surface area (Å²) >= 11 is 0. The van der Waals surface area contributed by atoms with Crippen LogP contribution in [0.25, 0.3) is 0 Å². The maximum absolute atomic E-state index is 2.10. The molecule has 0 atom stereocenters. The van der Waals surface area contributed by atoms with E-state index in [4.69, 9.17) is 0 Å². The minimum Gasteiger partial charge on any atom is -0.531 e. The second-order valence-electron chi connectivity index (χ2n) is 0.832. The van der Waals surface area contributed by atoms with Gasteiger partial charge in [0.25, 0.3) is 0 Å². The van der Waals surface area contributed by atoms with Gasteiger partial charge in [-0.25, -0.2) is 11.6 Å². The van der Waals surface area contributed by atoms with E-state index >= 15 is 0 Å². The van der Waals surface area contributed by atoms with Gasteiger partial charge in [0.1, 0.15) is 0 Å². The van der Waals surface area contributed by atoms with Gasteiger partial charge in [-0.2, -0.15) is 0 Å². The van der Waals surface area contributed by atoms with Crippen LogP contribution in [0.5, 0.6) is 0 Å². The Kier molecular flexibility index (Phi) is 3.79. The SMILES string of the molecule is [Li+].c1cc[p-]c1. The van der Waals surface area contributed by atoms with E-state index in [-0.39, 0.29) is 18.9 Å². The van der Waals surface area contributed by atoms with Gasteiger partial charge in [-0.1, -0.05) is 12.1 Å². The van der Waals surface area contributed by atoms with E-state index in [1.807, 2.05) is 12.1 Å². The van der Waals surface area contributed by atoms with Gasteiger partial charge in [0.05, 0.1) is 0 Å². The quantitative estimate of drug-likeness (QED) is 0.358. The summed E-state index contributed by atoms with van der Waals surface area (Å²) < 4.78 is 0. The molecule has 0 fully saturated rings. The average molecular weight is 90.0 g/mol. The molecule has 0 aliphatic rings. The summed E-state index contributed by atoms with van der Waals surface area (Å²) in [7, 11) is 1.33. The Labute approximate surface area is 51.2 Å². The molecule has 1 rings (SSSR count). The van der Waals surface area contributed by atoms with Gasteiger partial charge in [-0.3, -0.25) is 0 Å². The van der Waals surface area contributed by atoms with E-state index in [1.165, 1.54) is 8.19 Å². The molecular weight excluding hydrogens is 86.0 g/mol. The summed E-state index contributed by atoms with van der Waals surface area (Å²) in [5.41, 5.74) is 0. The molecular formula is C4H4LiP. The summed E-state index contributed by atoms with van der Waals surface area (Å²) in [6.45, 7) is 0. The first kappa shape index (κ1) is 6.38. The standard InChI is InChI=1S/C4H4P.Li/c1-2-4-5-3-1;/h1-4H;/q-1;+1. The molecule has 1 aromatic heterocycles. The van der Waals surface area contributed by atoms with Crippen LogP contribution >= 0.6 is 8.19 Å². The second-order valence-corrected chi connectivity index (χ2v) is 1.73. The van der Waals surface area contributed by atoms with E-state index in [2.05, 4.69) is 11.6 Å². The molecule has 0 amide bonds. The fourth-order valence-electron chi connectivity index (χ4n) is 0.248. The fraction of sp³-hybridized carbons (Fsp3) is 0. The number of rotatable bonds is 0. The first-order valence-corrected chi connectivity index (χ1v) is 2.55. The maximum atomic E-state index is 2.10. The first-order chi connectivity index (χ1) is 2.50. The Morgan fingerprint density at radius 1 is 1.00 bits per heavy atom. The van der Waals surface area contributed by atoms with Crippen molar-refractivity contribution in [2.24, 2.45) is 0 Å². The molecule has 0 radical (unpaired) electrons. The summed E-state index contributed by atoms with van der Waals surface area (Å²) in [4.78, 5) is 0. The van der Waals surface area contributed by atoms with Crippen LogP contribution in [0.15, 0.2) is 23.7 Å². The molecule has 26 valence electrons. The van der Waals surface area contributed by atoms with Crippen LogP contribution in [0.1, 0.15) is 0 Å². The van der Waals surface area contributed by atoms with Gasteiger partial charge in [0.2, 0.25) is 0 Å². The molecule has 0 nitrogen and oxygen atoms in total. The zero-order valence-electron chi connectivity index (χ0n) is 3.76. The average Bonchev–Trinajstić information content (AvgIpc) is 1.76. The monoisotopic (exact) mass is 90.0 g/mol. The smallest absolute Gasteiger partial charge is 0.531 e. The Bertz CT molecular complexity index is 64.0. The fourth-order valence-corrected chi connectivity index (χ4v) is 0.745. The molecule has 0 spiro atoms. The molecule has 0 saturated heterocycles. The predicted molar refractivity (Wildman–Crippen MR) is 24.5 cm³/mol. The van der Waals surface area contributed by atoms with E-state index in [9.17, 15) is 0 Å². The third-order valence-corrected chi connectivity index (χ3v) is 1.14. The molecule has 6 heavy (non-hydrogen) atoms. The molecule has 0 N–H and O–H groups in total. The van der Waals surface area contributed by atoms with Crippen molar-refractivity contribution in [3.8, 4) is 0 Å². The summed E-state index contributed by atoms with van der Waals surface area (Å²) in [5.74, 6) is 4.19. The van der Waals surface area contributed by atoms with Crippen molar-refractivity contribution in [3.05, 3.63) is 23.7 Å². The van der Waals surface area contributed by atoms with Crippen LogP contribution in [0.4, 0.5) is 0 Å². The molecule has 1 aromatic rings. The van der Waals surface area contributed by atoms with Crippen LogP contribution in [0.3, 0.4) is 0 Å². The molecule has 0 aliphatic carbocycles. The Morgan fingerprint density at radius 3 is 1.67 bits per heavy atom. The molecule has 0 unspecified atom stereocenters. The maximum Gasteiger partial charge on any atom is 1.00 e. The molecule has 1 heterocycles. The van der Waals surface area contributed by atoms with E-state index in [0.29, 0.717) is 0 Å².